The molecule has 4 heteroatoms. The van der Waals surface area contributed by atoms with Crippen LogP contribution in [-0.4, -0.2) is 22.7 Å². The molecule has 0 radical (unpaired) electrons. The van der Waals surface area contributed by atoms with Crippen LogP contribution in [0.15, 0.2) is 10.2 Å². The number of carbonyl (C=O) groups excluding carboxylic acids is 1. The van der Waals surface area contributed by atoms with Crippen molar-refractivity contribution in [3.63, 3.8) is 0 Å². The molecule has 0 spiro atoms. The number of Topliss-reactive ketones (excluding diaryl/α,β-unsaturated/α-hetero) is 1. The number of nitrogens with zero attached hydrogens (tertiary/aromatic N) is 2. The summed E-state index contributed by atoms with van der Waals surface area (Å²) in [7, 11) is 0. The van der Waals surface area contributed by atoms with Gasteiger partial charge in [-0.2, -0.15) is 10.2 Å². The fourth-order valence-corrected chi connectivity index (χ4v) is 0.321. The lowest BCUT2D eigenvalue weighted by Gasteiger charge is -2.09. The molecule has 0 rings (SSSR count). The molecular weight excluding hydrogens is 180 g/mol. The van der Waals surface area contributed by atoms with Crippen molar-refractivity contribution in [2.75, 3.05) is 0 Å². The Bertz CT molecular complexity index is 179. The van der Waals surface area contributed by atoms with Crippen LogP contribution in [0.25, 0.3) is 0 Å². The summed E-state index contributed by atoms with van der Waals surface area (Å²) in [5, 5.41) is 16.7. The first-order valence-corrected chi connectivity index (χ1v) is 4.80. The summed E-state index contributed by atoms with van der Waals surface area (Å²) < 4.78 is 0. The van der Waals surface area contributed by atoms with Crippen LogP contribution in [0.3, 0.4) is 0 Å². The summed E-state index contributed by atoms with van der Waals surface area (Å²) in [5.74, 6) is 0.167. The summed E-state index contributed by atoms with van der Waals surface area (Å²) in [6.45, 7) is 10.3. The Balaban J connectivity index is 0. The highest BCUT2D eigenvalue weighted by atomic mass is 16.3. The minimum Gasteiger partial charge on any atom is -0.368 e. The first-order valence-electron chi connectivity index (χ1n) is 4.80. The highest BCUT2D eigenvalue weighted by Gasteiger charge is 2.09. The van der Waals surface area contributed by atoms with E-state index in [-0.39, 0.29) is 11.8 Å². The van der Waals surface area contributed by atoms with E-state index >= 15 is 0 Å². The number of ketones is 1. The SMILES string of the molecule is CC(C)=O.CCC(C)/N=N/C(C)(C)O. The topological polar surface area (TPSA) is 62.0 Å². The zero-order valence-electron chi connectivity index (χ0n) is 10.0. The van der Waals surface area contributed by atoms with Crippen LogP contribution in [0.5, 0.6) is 0 Å². The van der Waals surface area contributed by atoms with Crippen LogP contribution < -0.4 is 0 Å². The van der Waals surface area contributed by atoms with Crippen LogP contribution in [0.1, 0.15) is 48.0 Å². The molecule has 0 aromatic heterocycles. The molecular formula is C10H22N2O2. The fourth-order valence-electron chi connectivity index (χ4n) is 0.321. The maximum atomic E-state index is 9.44. The maximum Gasteiger partial charge on any atom is 0.170 e. The molecule has 1 N–H and O–H groups in total. The Hall–Kier alpha value is -0.770. The number of hydrogen-bond acceptors (Lipinski definition) is 4. The molecule has 0 aromatic carbocycles. The minimum atomic E-state index is -1.01. The van der Waals surface area contributed by atoms with E-state index in [9.17, 15) is 4.79 Å². The van der Waals surface area contributed by atoms with Crippen molar-refractivity contribution in [2.24, 2.45) is 10.2 Å². The molecule has 0 aliphatic carbocycles. The molecule has 0 aliphatic rings. The van der Waals surface area contributed by atoms with Crippen molar-refractivity contribution in [3.05, 3.63) is 0 Å². The lowest BCUT2D eigenvalue weighted by atomic mass is 10.3. The van der Waals surface area contributed by atoms with Crippen LogP contribution in [-0.2, 0) is 4.79 Å². The van der Waals surface area contributed by atoms with Crippen molar-refractivity contribution < 1.29 is 9.90 Å². The molecule has 1 unspecified atom stereocenters. The van der Waals surface area contributed by atoms with Gasteiger partial charge in [0, 0.05) is 0 Å². The van der Waals surface area contributed by atoms with Crippen LogP contribution >= 0.6 is 0 Å². The molecule has 0 saturated heterocycles. The van der Waals surface area contributed by atoms with Gasteiger partial charge < -0.3 is 9.90 Å². The minimum absolute atomic E-state index is 0.167. The third-order valence-corrected chi connectivity index (χ3v) is 1.09. The van der Waals surface area contributed by atoms with Gasteiger partial charge in [0.15, 0.2) is 5.72 Å². The molecule has 1 atom stereocenters. The van der Waals surface area contributed by atoms with E-state index in [4.69, 9.17) is 5.11 Å². The second-order valence-corrected chi connectivity index (χ2v) is 3.88. The van der Waals surface area contributed by atoms with Gasteiger partial charge in [0.1, 0.15) is 5.78 Å². The van der Waals surface area contributed by atoms with Gasteiger partial charge in [0.2, 0.25) is 0 Å². The van der Waals surface area contributed by atoms with Gasteiger partial charge >= 0.3 is 0 Å². The van der Waals surface area contributed by atoms with E-state index in [1.807, 2.05) is 13.8 Å². The third-order valence-electron chi connectivity index (χ3n) is 1.09. The molecule has 0 amide bonds. The van der Waals surface area contributed by atoms with Crippen molar-refractivity contribution in [1.82, 2.24) is 0 Å². The highest BCUT2D eigenvalue weighted by molar-refractivity contribution is 5.72. The average molecular weight is 202 g/mol. The number of aliphatic hydroxyl groups is 1. The largest absolute Gasteiger partial charge is 0.368 e. The standard InChI is InChI=1S/C7H16N2O.C3H6O/c1-5-6(2)8-9-7(3,4)10;1-3(2)4/h6,10H,5H2,1-4H3;1-2H3/b9-8+;. The van der Waals surface area contributed by atoms with E-state index in [0.29, 0.717) is 0 Å². The summed E-state index contributed by atoms with van der Waals surface area (Å²) in [6.07, 6.45) is 0.958. The van der Waals surface area contributed by atoms with Crippen LogP contribution in [0, 0.1) is 0 Å². The van der Waals surface area contributed by atoms with Crippen molar-refractivity contribution in [1.29, 1.82) is 0 Å². The van der Waals surface area contributed by atoms with E-state index in [2.05, 4.69) is 10.2 Å². The Morgan fingerprint density at radius 2 is 1.79 bits per heavy atom. The molecule has 0 fully saturated rings. The van der Waals surface area contributed by atoms with Crippen molar-refractivity contribution >= 4 is 5.78 Å². The van der Waals surface area contributed by atoms with Crippen molar-refractivity contribution in [2.45, 2.75) is 59.7 Å². The van der Waals surface area contributed by atoms with Crippen LogP contribution in [0.4, 0.5) is 0 Å². The van der Waals surface area contributed by atoms with Gasteiger partial charge in [-0.3, -0.25) is 0 Å². The van der Waals surface area contributed by atoms with Crippen LogP contribution in [0.2, 0.25) is 0 Å². The van der Waals surface area contributed by atoms with E-state index in [1.54, 1.807) is 13.8 Å². The van der Waals surface area contributed by atoms with Crippen molar-refractivity contribution in [3.8, 4) is 0 Å². The Morgan fingerprint density at radius 3 is 2.00 bits per heavy atom. The summed E-state index contributed by atoms with van der Waals surface area (Å²) in [6, 6.07) is 0.214. The zero-order chi connectivity index (χ0) is 11.8. The van der Waals surface area contributed by atoms with Gasteiger partial charge in [0.25, 0.3) is 0 Å². The maximum absolute atomic E-state index is 9.44. The molecule has 0 aromatic rings. The Labute approximate surface area is 86.4 Å². The quantitative estimate of drug-likeness (QED) is 0.715. The van der Waals surface area contributed by atoms with Gasteiger partial charge in [-0.05, 0) is 41.0 Å². The molecule has 4 nitrogen and oxygen atoms in total. The Kier molecular flexibility index (Phi) is 8.54. The average Bonchev–Trinajstić information content (AvgIpc) is 1.97. The molecule has 0 saturated carbocycles. The molecule has 14 heavy (non-hydrogen) atoms. The predicted molar refractivity (Wildman–Crippen MR) is 57.3 cm³/mol. The van der Waals surface area contributed by atoms with Gasteiger partial charge in [-0.1, -0.05) is 6.92 Å². The molecule has 0 heterocycles. The van der Waals surface area contributed by atoms with E-state index in [0.717, 1.165) is 6.42 Å². The number of azo groups is 1. The number of carbonyl (C=O) groups is 1. The van der Waals surface area contributed by atoms with E-state index < -0.39 is 5.72 Å². The number of rotatable bonds is 3. The molecule has 84 valence electrons. The third kappa shape index (κ3) is 22.5. The predicted octanol–water partition coefficient (Wildman–Crippen LogP) is 2.56. The molecule has 0 aliphatic heterocycles. The zero-order valence-corrected chi connectivity index (χ0v) is 10.0. The van der Waals surface area contributed by atoms with Gasteiger partial charge in [-0.25, -0.2) is 0 Å². The van der Waals surface area contributed by atoms with Gasteiger partial charge in [0.05, 0.1) is 6.04 Å². The van der Waals surface area contributed by atoms with E-state index in [1.165, 1.54) is 13.8 Å². The lowest BCUT2D eigenvalue weighted by molar-refractivity contribution is -0.114. The first-order chi connectivity index (χ1) is 6.19. The number of hydrogen-bond donors (Lipinski definition) is 1. The second-order valence-electron chi connectivity index (χ2n) is 3.88. The smallest absolute Gasteiger partial charge is 0.170 e. The second kappa shape index (κ2) is 7.62. The summed E-state index contributed by atoms with van der Waals surface area (Å²) in [5.41, 5.74) is -1.01. The summed E-state index contributed by atoms with van der Waals surface area (Å²) in [4.78, 5) is 9.44. The Morgan fingerprint density at radius 1 is 1.43 bits per heavy atom. The fraction of sp³-hybridized carbons (Fsp3) is 0.900. The normalized spacial score (nSPS) is 13.4. The monoisotopic (exact) mass is 202 g/mol. The highest BCUT2D eigenvalue weighted by Crippen LogP contribution is 2.05. The summed E-state index contributed by atoms with van der Waals surface area (Å²) >= 11 is 0. The lowest BCUT2D eigenvalue weighted by Crippen LogP contribution is -2.14. The van der Waals surface area contributed by atoms with Gasteiger partial charge in [-0.15, -0.1) is 0 Å². The first kappa shape index (κ1) is 15.7. The molecule has 0 bridgehead atoms.